The Labute approximate surface area is 113 Å². The van der Waals surface area contributed by atoms with Gasteiger partial charge in [0.15, 0.2) is 9.84 Å². The van der Waals surface area contributed by atoms with Crippen molar-refractivity contribution in [3.8, 4) is 0 Å². The first kappa shape index (κ1) is 13.1. The van der Waals surface area contributed by atoms with Gasteiger partial charge in [-0.3, -0.25) is 0 Å². The van der Waals surface area contributed by atoms with E-state index in [4.69, 9.17) is 0 Å². The molecule has 19 heavy (non-hydrogen) atoms. The fourth-order valence-electron chi connectivity index (χ4n) is 3.08. The molecule has 2 aliphatic rings. The Morgan fingerprint density at radius 2 is 2.16 bits per heavy atom. The average Bonchev–Trinajstić information content (AvgIpc) is 2.93. The summed E-state index contributed by atoms with van der Waals surface area (Å²) in [7, 11) is -2.87. The van der Waals surface area contributed by atoms with Crippen LogP contribution in [0, 0.1) is 0 Å². The fraction of sp³-hybridized carbons (Fsp3) is 0.833. The second kappa shape index (κ2) is 4.86. The molecule has 0 aromatic carbocycles. The van der Waals surface area contributed by atoms with Crippen LogP contribution >= 0.6 is 0 Å². The molecule has 2 unspecified atom stereocenters. The number of hydrogen-bond donors (Lipinski definition) is 1. The predicted octanol–water partition coefficient (Wildman–Crippen LogP) is 0.625. The van der Waals surface area contributed by atoms with E-state index in [2.05, 4.69) is 27.0 Å². The van der Waals surface area contributed by atoms with E-state index in [1.54, 1.807) is 0 Å². The van der Waals surface area contributed by atoms with Gasteiger partial charge in [-0.1, -0.05) is 13.3 Å². The van der Waals surface area contributed by atoms with Crippen molar-refractivity contribution in [2.75, 3.05) is 18.1 Å². The highest BCUT2D eigenvalue weighted by Crippen LogP contribution is 2.30. The highest BCUT2D eigenvalue weighted by molar-refractivity contribution is 7.91. The quantitative estimate of drug-likeness (QED) is 0.880. The summed E-state index contributed by atoms with van der Waals surface area (Å²) in [5, 5.41) is 12.0. The molecule has 1 saturated heterocycles. The highest BCUT2D eigenvalue weighted by Gasteiger charge is 2.34. The topological polar surface area (TPSA) is 76.9 Å². The Bertz CT molecular complexity index is 566. The van der Waals surface area contributed by atoms with Gasteiger partial charge in [-0.25, -0.2) is 8.42 Å². The van der Waals surface area contributed by atoms with E-state index in [0.717, 1.165) is 37.6 Å². The van der Waals surface area contributed by atoms with Gasteiger partial charge in [-0.2, -0.15) is 0 Å². The molecule has 0 aliphatic carbocycles. The molecule has 3 rings (SSSR count). The van der Waals surface area contributed by atoms with Crippen molar-refractivity contribution >= 4 is 9.84 Å². The first-order chi connectivity index (χ1) is 9.11. The Kier molecular flexibility index (Phi) is 3.34. The largest absolute Gasteiger partial charge is 0.312 e. The number of nitrogens with one attached hydrogen (secondary N) is 1. The summed E-state index contributed by atoms with van der Waals surface area (Å²) in [6.45, 7) is 3.90. The van der Waals surface area contributed by atoms with E-state index >= 15 is 0 Å². The lowest BCUT2D eigenvalue weighted by Crippen LogP contribution is -2.34. The summed E-state index contributed by atoms with van der Waals surface area (Å²) in [6.07, 6.45) is 2.82. The molecule has 2 aliphatic heterocycles. The van der Waals surface area contributed by atoms with Gasteiger partial charge in [-0.05, 0) is 12.8 Å². The summed E-state index contributed by atoms with van der Waals surface area (Å²) >= 11 is 0. The zero-order valence-corrected chi connectivity index (χ0v) is 12.0. The monoisotopic (exact) mass is 284 g/mol. The molecule has 1 N–H and O–H groups in total. The SMILES string of the molecule is CCCC1NCCn2c(C3CCS(=O)(=O)C3)nnc21. The third-order valence-corrected chi connectivity index (χ3v) is 5.79. The maximum atomic E-state index is 11.6. The van der Waals surface area contributed by atoms with Crippen molar-refractivity contribution < 1.29 is 8.42 Å². The predicted molar refractivity (Wildman–Crippen MR) is 71.7 cm³/mol. The average molecular weight is 284 g/mol. The Balaban J connectivity index is 1.89. The van der Waals surface area contributed by atoms with Gasteiger partial charge in [0.25, 0.3) is 0 Å². The molecular formula is C12H20N4O2S. The number of nitrogens with zero attached hydrogens (tertiary/aromatic N) is 3. The van der Waals surface area contributed by atoms with E-state index in [1.165, 1.54) is 0 Å². The summed E-state index contributed by atoms with van der Waals surface area (Å²) in [5.41, 5.74) is 0. The molecule has 1 aromatic heterocycles. The Morgan fingerprint density at radius 3 is 2.84 bits per heavy atom. The van der Waals surface area contributed by atoms with Crippen LogP contribution in [-0.2, 0) is 16.4 Å². The smallest absolute Gasteiger partial charge is 0.151 e. The number of rotatable bonds is 3. The summed E-state index contributed by atoms with van der Waals surface area (Å²) in [5.74, 6) is 2.41. The molecule has 0 bridgehead atoms. The second-order valence-electron chi connectivity index (χ2n) is 5.46. The molecule has 6 nitrogen and oxygen atoms in total. The molecule has 3 heterocycles. The van der Waals surface area contributed by atoms with Gasteiger partial charge >= 0.3 is 0 Å². The van der Waals surface area contributed by atoms with Gasteiger partial charge < -0.3 is 9.88 Å². The Hall–Kier alpha value is -0.950. The van der Waals surface area contributed by atoms with Gasteiger partial charge in [0.1, 0.15) is 11.6 Å². The number of sulfone groups is 1. The van der Waals surface area contributed by atoms with Crippen molar-refractivity contribution in [1.82, 2.24) is 20.1 Å². The van der Waals surface area contributed by atoms with Crippen molar-refractivity contribution in [3.63, 3.8) is 0 Å². The standard InChI is InChI=1S/C12H20N4O2S/c1-2-3-10-12-15-14-11(16(12)6-5-13-10)9-4-7-19(17,18)8-9/h9-10,13H,2-8H2,1H3. The van der Waals surface area contributed by atoms with Gasteiger partial charge in [0.2, 0.25) is 0 Å². The van der Waals surface area contributed by atoms with Crippen LogP contribution in [0.3, 0.4) is 0 Å². The van der Waals surface area contributed by atoms with Crippen LogP contribution in [0.1, 0.15) is 49.8 Å². The molecule has 1 fully saturated rings. The lowest BCUT2D eigenvalue weighted by molar-refractivity contribution is 0.385. The fourth-order valence-corrected chi connectivity index (χ4v) is 4.82. The normalized spacial score (nSPS) is 29.3. The van der Waals surface area contributed by atoms with E-state index in [0.29, 0.717) is 6.42 Å². The van der Waals surface area contributed by atoms with Crippen LogP contribution in [0.15, 0.2) is 0 Å². The van der Waals surface area contributed by atoms with E-state index in [9.17, 15) is 8.42 Å². The minimum Gasteiger partial charge on any atom is -0.312 e. The van der Waals surface area contributed by atoms with Crippen molar-refractivity contribution in [2.45, 2.75) is 44.7 Å². The van der Waals surface area contributed by atoms with Crippen LogP contribution < -0.4 is 5.32 Å². The number of hydrogen-bond acceptors (Lipinski definition) is 5. The molecule has 0 saturated carbocycles. The maximum Gasteiger partial charge on any atom is 0.151 e. The minimum absolute atomic E-state index is 0.0339. The van der Waals surface area contributed by atoms with Crippen molar-refractivity contribution in [1.29, 1.82) is 0 Å². The van der Waals surface area contributed by atoms with Gasteiger partial charge in [0, 0.05) is 19.0 Å². The first-order valence-corrected chi connectivity index (χ1v) is 8.79. The molecule has 2 atom stereocenters. The van der Waals surface area contributed by atoms with Crippen molar-refractivity contribution in [3.05, 3.63) is 11.6 Å². The maximum absolute atomic E-state index is 11.6. The minimum atomic E-state index is -2.87. The Morgan fingerprint density at radius 1 is 1.37 bits per heavy atom. The van der Waals surface area contributed by atoms with E-state index in [-0.39, 0.29) is 23.5 Å². The summed E-state index contributed by atoms with van der Waals surface area (Å²) in [6, 6.07) is 0.262. The van der Waals surface area contributed by atoms with Gasteiger partial charge in [0.05, 0.1) is 17.5 Å². The third-order valence-electron chi connectivity index (χ3n) is 4.02. The molecule has 0 spiro atoms. The van der Waals surface area contributed by atoms with Crippen molar-refractivity contribution in [2.24, 2.45) is 0 Å². The molecular weight excluding hydrogens is 264 g/mol. The molecule has 106 valence electrons. The van der Waals surface area contributed by atoms with Crippen LogP contribution in [0.5, 0.6) is 0 Å². The zero-order valence-electron chi connectivity index (χ0n) is 11.2. The molecule has 0 amide bonds. The van der Waals surface area contributed by atoms with Crippen LogP contribution in [0.25, 0.3) is 0 Å². The molecule has 1 aromatic rings. The molecule has 7 heteroatoms. The zero-order chi connectivity index (χ0) is 13.5. The molecule has 0 radical (unpaired) electrons. The lowest BCUT2D eigenvalue weighted by atomic mass is 10.1. The summed E-state index contributed by atoms with van der Waals surface area (Å²) in [4.78, 5) is 0. The van der Waals surface area contributed by atoms with Crippen LogP contribution in [0.4, 0.5) is 0 Å². The lowest BCUT2D eigenvalue weighted by Gasteiger charge is -2.25. The third kappa shape index (κ3) is 2.41. The van der Waals surface area contributed by atoms with Gasteiger partial charge in [-0.15, -0.1) is 10.2 Å². The second-order valence-corrected chi connectivity index (χ2v) is 7.69. The summed E-state index contributed by atoms with van der Waals surface area (Å²) < 4.78 is 25.3. The van der Waals surface area contributed by atoms with Crippen LogP contribution in [-0.4, -0.2) is 41.2 Å². The van der Waals surface area contributed by atoms with Crippen LogP contribution in [0.2, 0.25) is 0 Å². The number of fused-ring (bicyclic) bond motifs is 1. The first-order valence-electron chi connectivity index (χ1n) is 6.97. The van der Waals surface area contributed by atoms with E-state index in [1.807, 2.05) is 0 Å². The number of aromatic nitrogens is 3. The highest BCUT2D eigenvalue weighted by atomic mass is 32.2. The van der Waals surface area contributed by atoms with E-state index < -0.39 is 9.84 Å².